The second kappa shape index (κ2) is 8.18. The first-order valence-electron chi connectivity index (χ1n) is 9.28. The van der Waals surface area contributed by atoms with Gasteiger partial charge in [-0.2, -0.15) is 5.10 Å². The zero-order chi connectivity index (χ0) is 20.5. The van der Waals surface area contributed by atoms with Crippen molar-refractivity contribution < 1.29 is 19.4 Å². The third-order valence-corrected chi connectivity index (χ3v) is 5.52. The molecule has 9 heteroatoms. The molecule has 1 aromatic carbocycles. The maximum absolute atomic E-state index is 11.8. The summed E-state index contributed by atoms with van der Waals surface area (Å²) in [5, 5.41) is 15.2. The molecule has 4 rings (SSSR count). The summed E-state index contributed by atoms with van der Waals surface area (Å²) in [7, 11) is 0. The Morgan fingerprint density at radius 2 is 2.07 bits per heavy atom. The maximum atomic E-state index is 11.8. The smallest absolute Gasteiger partial charge is 0.357 e. The third-order valence-electron chi connectivity index (χ3n) is 4.92. The number of carboxylic acids is 1. The van der Waals surface area contributed by atoms with Crippen LogP contribution in [0.4, 0.5) is 0 Å². The first-order chi connectivity index (χ1) is 14.0. The molecule has 0 amide bonds. The van der Waals surface area contributed by atoms with E-state index in [4.69, 9.17) is 32.7 Å². The van der Waals surface area contributed by atoms with Crippen molar-refractivity contribution in [1.82, 2.24) is 14.8 Å². The summed E-state index contributed by atoms with van der Waals surface area (Å²) in [4.78, 5) is 15.7. The molecule has 3 heterocycles. The molecular weight excluding hydrogens is 417 g/mol. The van der Waals surface area contributed by atoms with Gasteiger partial charge in [0.05, 0.1) is 15.6 Å². The number of aromatic nitrogens is 3. The van der Waals surface area contributed by atoms with Crippen molar-refractivity contribution in [3.05, 3.63) is 51.9 Å². The van der Waals surface area contributed by atoms with E-state index >= 15 is 0 Å². The molecule has 1 aliphatic rings. The molecule has 0 spiro atoms. The molecule has 1 fully saturated rings. The summed E-state index contributed by atoms with van der Waals surface area (Å²) in [6.07, 6.45) is 5.09. The molecule has 1 saturated heterocycles. The SMILES string of the molecule is C[C@@H](Oc1ccc2c(c1)c(C(=O)O)nn2C1CCCCO1)c1c(Cl)cncc1Cl. The second-order valence-corrected chi connectivity index (χ2v) is 7.69. The van der Waals surface area contributed by atoms with E-state index in [0.717, 1.165) is 19.3 Å². The van der Waals surface area contributed by atoms with Crippen LogP contribution in [0.15, 0.2) is 30.6 Å². The van der Waals surface area contributed by atoms with Gasteiger partial charge in [0.15, 0.2) is 11.9 Å². The van der Waals surface area contributed by atoms with Crippen molar-refractivity contribution in [3.63, 3.8) is 0 Å². The lowest BCUT2D eigenvalue weighted by Gasteiger charge is -2.23. The highest BCUT2D eigenvalue weighted by atomic mass is 35.5. The van der Waals surface area contributed by atoms with Crippen molar-refractivity contribution in [1.29, 1.82) is 0 Å². The molecule has 2 aromatic heterocycles. The molecule has 1 aliphatic heterocycles. The number of ether oxygens (including phenoxy) is 2. The Kier molecular flexibility index (Phi) is 5.63. The van der Waals surface area contributed by atoms with Crippen LogP contribution < -0.4 is 4.74 Å². The van der Waals surface area contributed by atoms with Gasteiger partial charge < -0.3 is 14.6 Å². The van der Waals surface area contributed by atoms with Gasteiger partial charge in [-0.15, -0.1) is 0 Å². The first-order valence-corrected chi connectivity index (χ1v) is 10.0. The van der Waals surface area contributed by atoms with Crippen LogP contribution in [0.5, 0.6) is 5.75 Å². The fraction of sp³-hybridized carbons (Fsp3) is 0.350. The average molecular weight is 436 g/mol. The summed E-state index contributed by atoms with van der Waals surface area (Å²) in [6, 6.07) is 5.24. The normalized spacial score (nSPS) is 18.0. The Bertz CT molecular complexity index is 1040. The highest BCUT2D eigenvalue weighted by molar-refractivity contribution is 6.35. The molecule has 152 valence electrons. The van der Waals surface area contributed by atoms with Gasteiger partial charge in [0.2, 0.25) is 0 Å². The number of halogens is 2. The third kappa shape index (κ3) is 3.90. The monoisotopic (exact) mass is 435 g/mol. The van der Waals surface area contributed by atoms with Gasteiger partial charge in [0.25, 0.3) is 0 Å². The predicted octanol–water partition coefficient (Wildman–Crippen LogP) is 5.28. The van der Waals surface area contributed by atoms with Crippen LogP contribution in [0.3, 0.4) is 0 Å². The van der Waals surface area contributed by atoms with Gasteiger partial charge >= 0.3 is 5.97 Å². The largest absolute Gasteiger partial charge is 0.486 e. The van der Waals surface area contributed by atoms with E-state index in [-0.39, 0.29) is 11.9 Å². The van der Waals surface area contributed by atoms with Gasteiger partial charge in [0, 0.05) is 30.0 Å². The number of rotatable bonds is 5. The van der Waals surface area contributed by atoms with E-state index in [9.17, 15) is 9.90 Å². The molecule has 1 N–H and O–H groups in total. The number of hydrogen-bond donors (Lipinski definition) is 1. The summed E-state index contributed by atoms with van der Waals surface area (Å²) in [5.41, 5.74) is 1.27. The zero-order valence-electron chi connectivity index (χ0n) is 15.6. The molecule has 29 heavy (non-hydrogen) atoms. The van der Waals surface area contributed by atoms with Gasteiger partial charge in [-0.25, -0.2) is 9.48 Å². The zero-order valence-corrected chi connectivity index (χ0v) is 17.2. The Labute approximate surface area is 177 Å². The molecule has 3 aromatic rings. The van der Waals surface area contributed by atoms with Gasteiger partial charge in [0.1, 0.15) is 11.9 Å². The van der Waals surface area contributed by atoms with Crippen LogP contribution in [-0.2, 0) is 4.74 Å². The van der Waals surface area contributed by atoms with E-state index in [2.05, 4.69) is 10.1 Å². The van der Waals surface area contributed by atoms with Crippen molar-refractivity contribution in [2.45, 2.75) is 38.5 Å². The number of carboxylic acid groups (broad SMARTS) is 1. The van der Waals surface area contributed by atoms with Crippen LogP contribution in [0.25, 0.3) is 10.9 Å². The van der Waals surface area contributed by atoms with E-state index in [0.29, 0.717) is 38.9 Å². The Balaban J connectivity index is 1.70. The number of fused-ring (bicyclic) bond motifs is 1. The molecule has 1 unspecified atom stereocenters. The molecule has 0 saturated carbocycles. The van der Waals surface area contributed by atoms with Crippen molar-refractivity contribution in [3.8, 4) is 5.75 Å². The van der Waals surface area contributed by atoms with E-state index in [1.165, 1.54) is 12.4 Å². The Morgan fingerprint density at radius 1 is 1.31 bits per heavy atom. The Hall–Kier alpha value is -2.35. The lowest BCUT2D eigenvalue weighted by molar-refractivity contribution is -0.0368. The summed E-state index contributed by atoms with van der Waals surface area (Å²) in [6.45, 7) is 2.45. The van der Waals surface area contributed by atoms with Crippen LogP contribution in [0, 0.1) is 0 Å². The van der Waals surface area contributed by atoms with Gasteiger partial charge in [-0.05, 0) is 44.4 Å². The van der Waals surface area contributed by atoms with Gasteiger partial charge in [-0.3, -0.25) is 4.98 Å². The summed E-state index contributed by atoms with van der Waals surface area (Å²) in [5.74, 6) is -0.615. The van der Waals surface area contributed by atoms with E-state index in [1.54, 1.807) is 22.9 Å². The molecule has 0 bridgehead atoms. The number of pyridine rings is 1. The highest BCUT2D eigenvalue weighted by Crippen LogP contribution is 2.35. The minimum absolute atomic E-state index is 0.0350. The molecule has 7 nitrogen and oxygen atoms in total. The lowest BCUT2D eigenvalue weighted by Crippen LogP contribution is -2.19. The summed E-state index contributed by atoms with van der Waals surface area (Å²) >= 11 is 12.4. The fourth-order valence-electron chi connectivity index (χ4n) is 3.56. The fourth-order valence-corrected chi connectivity index (χ4v) is 4.23. The quantitative estimate of drug-likeness (QED) is 0.586. The van der Waals surface area contributed by atoms with E-state index < -0.39 is 12.1 Å². The maximum Gasteiger partial charge on any atom is 0.357 e. The minimum Gasteiger partial charge on any atom is -0.486 e. The topological polar surface area (TPSA) is 86.5 Å². The van der Waals surface area contributed by atoms with Crippen molar-refractivity contribution in [2.24, 2.45) is 0 Å². The minimum atomic E-state index is -1.10. The van der Waals surface area contributed by atoms with Crippen LogP contribution in [0.1, 0.15) is 54.6 Å². The van der Waals surface area contributed by atoms with Crippen molar-refractivity contribution >= 4 is 40.1 Å². The average Bonchev–Trinajstić information content (AvgIpc) is 3.07. The van der Waals surface area contributed by atoms with Gasteiger partial charge in [-0.1, -0.05) is 23.2 Å². The number of aromatic carboxylic acids is 1. The van der Waals surface area contributed by atoms with Crippen LogP contribution in [-0.4, -0.2) is 32.4 Å². The number of benzene rings is 1. The number of hydrogen-bond acceptors (Lipinski definition) is 5. The van der Waals surface area contributed by atoms with Crippen LogP contribution >= 0.6 is 23.2 Å². The lowest BCUT2D eigenvalue weighted by atomic mass is 10.1. The first kappa shape index (κ1) is 19.9. The predicted molar refractivity (Wildman–Crippen MR) is 109 cm³/mol. The number of carbonyl (C=O) groups is 1. The number of nitrogens with zero attached hydrogens (tertiary/aromatic N) is 3. The molecule has 2 atom stereocenters. The summed E-state index contributed by atoms with van der Waals surface area (Å²) < 4.78 is 13.4. The molecule has 0 radical (unpaired) electrons. The standard InChI is InChI=1S/C20H19Cl2N3O4/c1-11(18-14(21)9-23-10-15(18)22)29-12-5-6-16-13(8-12)19(20(26)27)24-25(16)17-4-2-3-7-28-17/h5-6,8-11,17H,2-4,7H2,1H3,(H,26,27)/t11-,17?/m1/s1. The van der Waals surface area contributed by atoms with Crippen molar-refractivity contribution in [2.75, 3.05) is 6.61 Å². The second-order valence-electron chi connectivity index (χ2n) is 6.88. The molecule has 0 aliphatic carbocycles. The van der Waals surface area contributed by atoms with Crippen LogP contribution in [0.2, 0.25) is 10.0 Å². The highest BCUT2D eigenvalue weighted by Gasteiger charge is 2.24. The molecular formula is C20H19Cl2N3O4. The van der Waals surface area contributed by atoms with E-state index in [1.807, 2.05) is 6.92 Å². The Morgan fingerprint density at radius 3 is 2.72 bits per heavy atom.